The van der Waals surface area contributed by atoms with Crippen molar-refractivity contribution in [2.24, 2.45) is 0 Å². The van der Waals surface area contributed by atoms with E-state index in [9.17, 15) is 12.3 Å². The smallest absolute Gasteiger partial charge is 0.271 e. The van der Waals surface area contributed by atoms with Gasteiger partial charge < -0.3 is 0 Å². The van der Waals surface area contributed by atoms with Crippen LogP contribution in [0, 0.1) is 6.92 Å². The number of nitrogens with zero attached hydrogens (tertiary/aromatic N) is 2. The topological polar surface area (TPSA) is 52.0 Å². The van der Waals surface area contributed by atoms with E-state index in [0.29, 0.717) is 6.54 Å². The summed E-state index contributed by atoms with van der Waals surface area (Å²) in [4.78, 5) is -0.332. The van der Waals surface area contributed by atoms with Gasteiger partial charge in [-0.15, -0.1) is 3.89 Å². The van der Waals surface area contributed by atoms with E-state index in [1.165, 1.54) is 17.8 Å². The molecule has 1 rings (SSSR count). The molecule has 0 aliphatic heterocycles. The minimum atomic E-state index is -4.61. The Morgan fingerprint density at radius 3 is 2.62 bits per heavy atom. The molecule has 0 saturated carbocycles. The highest BCUT2D eigenvalue weighted by molar-refractivity contribution is 7.86. The summed E-state index contributed by atoms with van der Waals surface area (Å²) >= 11 is 0. The quantitative estimate of drug-likeness (QED) is 0.699. The van der Waals surface area contributed by atoms with Crippen molar-refractivity contribution in [1.29, 1.82) is 0 Å². The lowest BCUT2D eigenvalue weighted by Crippen LogP contribution is -1.96. The zero-order valence-electron chi connectivity index (χ0n) is 7.49. The Morgan fingerprint density at radius 1 is 1.62 bits per heavy atom. The molecule has 0 radical (unpaired) electrons. The third kappa shape index (κ3) is 2.27. The van der Waals surface area contributed by atoms with Crippen molar-refractivity contribution >= 4 is 10.2 Å². The van der Waals surface area contributed by atoms with Crippen molar-refractivity contribution in [2.75, 3.05) is 0 Å². The molecule has 0 saturated heterocycles. The van der Waals surface area contributed by atoms with Crippen LogP contribution in [-0.4, -0.2) is 18.2 Å². The molecule has 1 heterocycles. The van der Waals surface area contributed by atoms with E-state index in [1.807, 2.05) is 6.92 Å². The summed E-state index contributed by atoms with van der Waals surface area (Å²) in [7, 11) is -4.61. The largest absolute Gasteiger partial charge is 0.335 e. The van der Waals surface area contributed by atoms with E-state index in [-0.39, 0.29) is 10.6 Å². The van der Waals surface area contributed by atoms with Gasteiger partial charge in [0.15, 0.2) is 0 Å². The average Bonchev–Trinajstić information content (AvgIpc) is 2.30. The first-order chi connectivity index (χ1) is 5.95. The Kier molecular flexibility index (Phi) is 2.70. The number of aromatic nitrogens is 2. The van der Waals surface area contributed by atoms with Crippen LogP contribution in [-0.2, 0) is 16.8 Å². The predicted octanol–water partition coefficient (Wildman–Crippen LogP) is 1.26. The van der Waals surface area contributed by atoms with Crippen molar-refractivity contribution in [3.05, 3.63) is 11.9 Å². The van der Waals surface area contributed by atoms with Crippen molar-refractivity contribution in [2.45, 2.75) is 31.7 Å². The van der Waals surface area contributed by atoms with Gasteiger partial charge in [-0.2, -0.15) is 13.5 Å². The molecule has 1 aromatic heterocycles. The van der Waals surface area contributed by atoms with Gasteiger partial charge in [0.05, 0.1) is 5.69 Å². The van der Waals surface area contributed by atoms with Crippen molar-refractivity contribution in [3.63, 3.8) is 0 Å². The third-order valence-corrected chi connectivity index (χ3v) is 2.54. The maximum absolute atomic E-state index is 12.6. The van der Waals surface area contributed by atoms with Gasteiger partial charge in [0.2, 0.25) is 0 Å². The molecule has 13 heavy (non-hydrogen) atoms. The zero-order chi connectivity index (χ0) is 10.1. The molecule has 0 aliphatic rings. The first-order valence-corrected chi connectivity index (χ1v) is 5.32. The molecule has 0 amide bonds. The van der Waals surface area contributed by atoms with Gasteiger partial charge in [0.25, 0.3) is 0 Å². The molecular formula is C7H11FN2O2S. The average molecular weight is 206 g/mol. The number of aryl methyl sites for hydroxylation is 2. The SMILES string of the molecule is CCCn1cc(S(=O)(=O)F)c(C)n1. The number of halogens is 1. The van der Waals surface area contributed by atoms with Gasteiger partial charge >= 0.3 is 10.2 Å². The third-order valence-electron chi connectivity index (χ3n) is 1.62. The van der Waals surface area contributed by atoms with E-state index >= 15 is 0 Å². The lowest BCUT2D eigenvalue weighted by Gasteiger charge is -1.93. The lowest BCUT2D eigenvalue weighted by atomic mass is 10.5. The van der Waals surface area contributed by atoms with E-state index in [1.54, 1.807) is 0 Å². The Morgan fingerprint density at radius 2 is 2.23 bits per heavy atom. The summed E-state index contributed by atoms with van der Waals surface area (Å²) in [6.45, 7) is 4.00. The van der Waals surface area contributed by atoms with Crippen LogP contribution in [0.5, 0.6) is 0 Å². The monoisotopic (exact) mass is 206 g/mol. The van der Waals surface area contributed by atoms with Crippen LogP contribution in [0.3, 0.4) is 0 Å². The normalized spacial score (nSPS) is 11.9. The van der Waals surface area contributed by atoms with Gasteiger partial charge in [-0.3, -0.25) is 4.68 Å². The second-order valence-corrected chi connectivity index (χ2v) is 4.10. The second kappa shape index (κ2) is 3.45. The molecule has 0 bridgehead atoms. The van der Waals surface area contributed by atoms with Crippen LogP contribution >= 0.6 is 0 Å². The summed E-state index contributed by atoms with van der Waals surface area (Å²) in [6.07, 6.45) is 2.04. The summed E-state index contributed by atoms with van der Waals surface area (Å²) in [5, 5.41) is 3.86. The maximum atomic E-state index is 12.6. The molecule has 74 valence electrons. The second-order valence-electron chi connectivity index (χ2n) is 2.78. The van der Waals surface area contributed by atoms with Crippen LogP contribution in [0.4, 0.5) is 3.89 Å². The standard InChI is InChI=1S/C7H11FN2O2S/c1-3-4-10-5-7(6(2)9-10)13(8,11)12/h5H,3-4H2,1-2H3. The molecular weight excluding hydrogens is 195 g/mol. The van der Waals surface area contributed by atoms with E-state index < -0.39 is 10.2 Å². The van der Waals surface area contributed by atoms with Crippen molar-refractivity contribution in [1.82, 2.24) is 9.78 Å². The fourth-order valence-corrected chi connectivity index (χ4v) is 1.72. The minimum Gasteiger partial charge on any atom is -0.271 e. The van der Waals surface area contributed by atoms with Crippen LogP contribution in [0.15, 0.2) is 11.1 Å². The number of hydrogen-bond acceptors (Lipinski definition) is 3. The first-order valence-electron chi connectivity index (χ1n) is 3.94. The van der Waals surface area contributed by atoms with Crippen LogP contribution in [0.2, 0.25) is 0 Å². The Labute approximate surface area is 76.6 Å². The minimum absolute atomic E-state index is 0.205. The van der Waals surface area contributed by atoms with Crippen molar-refractivity contribution < 1.29 is 12.3 Å². The molecule has 0 aromatic carbocycles. The number of rotatable bonds is 3. The van der Waals surface area contributed by atoms with Gasteiger partial charge in [-0.1, -0.05) is 6.92 Å². The zero-order valence-corrected chi connectivity index (χ0v) is 8.31. The Balaban J connectivity index is 3.11. The summed E-state index contributed by atoms with van der Waals surface area (Å²) in [5.74, 6) is 0. The van der Waals surface area contributed by atoms with Crippen LogP contribution in [0.25, 0.3) is 0 Å². The highest BCUT2D eigenvalue weighted by Crippen LogP contribution is 2.15. The van der Waals surface area contributed by atoms with E-state index in [4.69, 9.17) is 0 Å². The Bertz CT molecular complexity index is 397. The molecule has 0 fully saturated rings. The summed E-state index contributed by atoms with van der Waals surface area (Å²) in [5.41, 5.74) is 0.205. The lowest BCUT2D eigenvalue weighted by molar-refractivity contribution is 0.550. The fraction of sp³-hybridized carbons (Fsp3) is 0.571. The highest BCUT2D eigenvalue weighted by Gasteiger charge is 2.18. The first kappa shape index (κ1) is 10.2. The van der Waals surface area contributed by atoms with Crippen LogP contribution in [0.1, 0.15) is 19.0 Å². The molecule has 0 spiro atoms. The summed E-state index contributed by atoms with van der Waals surface area (Å²) in [6, 6.07) is 0. The van der Waals surface area contributed by atoms with Gasteiger partial charge in [-0.25, -0.2) is 0 Å². The van der Waals surface area contributed by atoms with Crippen molar-refractivity contribution in [3.8, 4) is 0 Å². The molecule has 4 nitrogen and oxygen atoms in total. The molecule has 1 aromatic rings. The van der Waals surface area contributed by atoms with Gasteiger partial charge in [-0.05, 0) is 13.3 Å². The molecule has 0 aliphatic carbocycles. The highest BCUT2D eigenvalue weighted by atomic mass is 32.3. The molecule has 0 N–H and O–H groups in total. The fourth-order valence-electron chi connectivity index (χ4n) is 1.08. The maximum Gasteiger partial charge on any atom is 0.335 e. The van der Waals surface area contributed by atoms with E-state index in [0.717, 1.165) is 6.42 Å². The number of hydrogen-bond donors (Lipinski definition) is 0. The predicted molar refractivity (Wildman–Crippen MR) is 45.5 cm³/mol. The van der Waals surface area contributed by atoms with Crippen LogP contribution < -0.4 is 0 Å². The van der Waals surface area contributed by atoms with E-state index in [2.05, 4.69) is 5.10 Å². The summed E-state index contributed by atoms with van der Waals surface area (Å²) < 4.78 is 35.1. The molecule has 0 atom stereocenters. The van der Waals surface area contributed by atoms with Gasteiger partial charge in [0.1, 0.15) is 4.90 Å². The molecule has 6 heteroatoms. The van der Waals surface area contributed by atoms with Gasteiger partial charge in [0, 0.05) is 12.7 Å². The molecule has 0 unspecified atom stereocenters. The Hall–Kier alpha value is -0.910.